The second kappa shape index (κ2) is 6.81. The SMILES string of the molecule is CCOc1ccccc1Nc1[nH]c(=S)nc2c1ncn2C1CCCO1. The van der Waals surface area contributed by atoms with Crippen molar-refractivity contribution < 1.29 is 9.47 Å². The summed E-state index contributed by atoms with van der Waals surface area (Å²) in [4.78, 5) is 12.1. The molecular formula is C17H19N5O2S. The number of benzene rings is 1. The zero-order valence-electron chi connectivity index (χ0n) is 13.9. The van der Waals surface area contributed by atoms with Crippen molar-refractivity contribution in [3.05, 3.63) is 35.4 Å². The summed E-state index contributed by atoms with van der Waals surface area (Å²) in [5, 5.41) is 3.34. The molecule has 0 saturated carbocycles. The lowest BCUT2D eigenvalue weighted by Crippen LogP contribution is -2.07. The average Bonchev–Trinajstić information content (AvgIpc) is 3.25. The fraction of sp³-hybridized carbons (Fsp3) is 0.353. The van der Waals surface area contributed by atoms with Gasteiger partial charge in [0.25, 0.3) is 0 Å². The van der Waals surface area contributed by atoms with E-state index in [1.54, 1.807) is 6.33 Å². The zero-order valence-corrected chi connectivity index (χ0v) is 14.7. The van der Waals surface area contributed by atoms with Crippen LogP contribution < -0.4 is 10.1 Å². The summed E-state index contributed by atoms with van der Waals surface area (Å²) in [5.74, 6) is 1.46. The molecule has 0 spiro atoms. The highest BCUT2D eigenvalue weighted by Gasteiger charge is 2.21. The molecule has 1 fully saturated rings. The number of imidazole rings is 1. The predicted octanol–water partition coefficient (Wildman–Crippen LogP) is 3.94. The van der Waals surface area contributed by atoms with E-state index in [-0.39, 0.29) is 6.23 Å². The molecule has 1 atom stereocenters. The highest BCUT2D eigenvalue weighted by atomic mass is 32.1. The van der Waals surface area contributed by atoms with E-state index in [0.29, 0.717) is 22.8 Å². The third-order valence-corrected chi connectivity index (χ3v) is 4.30. The van der Waals surface area contributed by atoms with Crippen molar-refractivity contribution in [1.82, 2.24) is 19.5 Å². The van der Waals surface area contributed by atoms with Crippen LogP contribution in [-0.2, 0) is 4.74 Å². The minimum atomic E-state index is -0.0298. The number of para-hydroxylation sites is 2. The summed E-state index contributed by atoms with van der Waals surface area (Å²) in [7, 11) is 0. The molecule has 1 aromatic carbocycles. The maximum atomic E-state index is 5.75. The number of aromatic nitrogens is 4. The van der Waals surface area contributed by atoms with Gasteiger partial charge in [-0.25, -0.2) is 4.98 Å². The summed E-state index contributed by atoms with van der Waals surface area (Å²) in [6.07, 6.45) is 3.72. The average molecular weight is 357 g/mol. The highest BCUT2D eigenvalue weighted by molar-refractivity contribution is 7.71. The van der Waals surface area contributed by atoms with Gasteiger partial charge in [0.2, 0.25) is 0 Å². The molecule has 8 heteroatoms. The Morgan fingerprint density at radius 3 is 3.12 bits per heavy atom. The molecule has 25 heavy (non-hydrogen) atoms. The van der Waals surface area contributed by atoms with Gasteiger partial charge in [-0.15, -0.1) is 0 Å². The van der Waals surface area contributed by atoms with Crippen molar-refractivity contribution in [2.75, 3.05) is 18.5 Å². The monoisotopic (exact) mass is 357 g/mol. The summed E-state index contributed by atoms with van der Waals surface area (Å²) in [5.41, 5.74) is 2.27. The van der Waals surface area contributed by atoms with Crippen molar-refractivity contribution in [2.24, 2.45) is 0 Å². The third-order valence-electron chi connectivity index (χ3n) is 4.11. The van der Waals surface area contributed by atoms with Gasteiger partial charge in [0.05, 0.1) is 18.6 Å². The molecule has 2 aromatic heterocycles. The molecule has 1 aliphatic heterocycles. The van der Waals surface area contributed by atoms with Gasteiger partial charge in [0, 0.05) is 6.61 Å². The fourth-order valence-electron chi connectivity index (χ4n) is 3.00. The van der Waals surface area contributed by atoms with Crippen LogP contribution in [0.3, 0.4) is 0 Å². The van der Waals surface area contributed by atoms with Crippen LogP contribution in [0.1, 0.15) is 26.0 Å². The van der Waals surface area contributed by atoms with Gasteiger partial charge >= 0.3 is 0 Å². The Bertz CT molecular complexity index is 946. The first-order chi connectivity index (χ1) is 12.3. The molecule has 3 aromatic rings. The molecule has 4 rings (SSSR count). The van der Waals surface area contributed by atoms with E-state index in [0.717, 1.165) is 36.4 Å². The van der Waals surface area contributed by atoms with Gasteiger partial charge in [0.1, 0.15) is 23.3 Å². The van der Waals surface area contributed by atoms with Crippen LogP contribution in [0, 0.1) is 4.77 Å². The Balaban J connectivity index is 1.76. The molecule has 0 radical (unpaired) electrons. The first-order valence-corrected chi connectivity index (χ1v) is 8.74. The molecule has 1 unspecified atom stereocenters. The van der Waals surface area contributed by atoms with Gasteiger partial charge < -0.3 is 19.8 Å². The Morgan fingerprint density at radius 1 is 1.44 bits per heavy atom. The van der Waals surface area contributed by atoms with Crippen LogP contribution in [0.2, 0.25) is 0 Å². The third kappa shape index (κ3) is 3.10. The molecule has 1 saturated heterocycles. The van der Waals surface area contributed by atoms with E-state index in [2.05, 4.69) is 20.3 Å². The summed E-state index contributed by atoms with van der Waals surface area (Å²) in [6, 6.07) is 7.75. The van der Waals surface area contributed by atoms with Crippen molar-refractivity contribution >= 4 is 34.9 Å². The Hall–Kier alpha value is -2.45. The molecule has 1 aliphatic rings. The minimum absolute atomic E-state index is 0.0298. The first kappa shape index (κ1) is 16.0. The maximum Gasteiger partial charge on any atom is 0.200 e. The molecule has 0 bridgehead atoms. The van der Waals surface area contributed by atoms with E-state index in [1.165, 1.54) is 0 Å². The van der Waals surface area contributed by atoms with Crippen LogP contribution in [0.5, 0.6) is 5.75 Å². The largest absolute Gasteiger partial charge is 0.492 e. The topological polar surface area (TPSA) is 77.0 Å². The van der Waals surface area contributed by atoms with Crippen LogP contribution in [-0.4, -0.2) is 32.7 Å². The summed E-state index contributed by atoms with van der Waals surface area (Å²) >= 11 is 5.31. The first-order valence-electron chi connectivity index (χ1n) is 8.33. The predicted molar refractivity (Wildman–Crippen MR) is 97.8 cm³/mol. The Morgan fingerprint density at radius 2 is 2.32 bits per heavy atom. The maximum absolute atomic E-state index is 5.75. The van der Waals surface area contributed by atoms with Gasteiger partial charge in [-0.2, -0.15) is 4.98 Å². The van der Waals surface area contributed by atoms with Gasteiger partial charge in [-0.3, -0.25) is 4.57 Å². The van der Waals surface area contributed by atoms with Crippen LogP contribution in [0.25, 0.3) is 11.2 Å². The van der Waals surface area contributed by atoms with E-state index in [9.17, 15) is 0 Å². The van der Waals surface area contributed by atoms with E-state index < -0.39 is 0 Å². The number of ether oxygens (including phenoxy) is 2. The van der Waals surface area contributed by atoms with E-state index in [4.69, 9.17) is 21.7 Å². The molecule has 0 aliphatic carbocycles. The van der Waals surface area contributed by atoms with Crippen molar-refractivity contribution in [3.8, 4) is 5.75 Å². The number of anilines is 2. The smallest absolute Gasteiger partial charge is 0.200 e. The van der Waals surface area contributed by atoms with E-state index in [1.807, 2.05) is 35.8 Å². The quantitative estimate of drug-likeness (QED) is 0.674. The number of aromatic amines is 1. The fourth-order valence-corrected chi connectivity index (χ4v) is 3.19. The van der Waals surface area contributed by atoms with Gasteiger partial charge in [0.15, 0.2) is 10.4 Å². The zero-order chi connectivity index (χ0) is 17.2. The minimum Gasteiger partial charge on any atom is -0.492 e. The molecule has 130 valence electrons. The molecular weight excluding hydrogens is 338 g/mol. The summed E-state index contributed by atoms with van der Waals surface area (Å²) in [6.45, 7) is 3.31. The second-order valence-corrected chi connectivity index (χ2v) is 6.15. The molecule has 3 heterocycles. The number of nitrogens with one attached hydrogen (secondary N) is 2. The number of hydrogen-bond acceptors (Lipinski definition) is 6. The molecule has 0 amide bonds. The highest BCUT2D eigenvalue weighted by Crippen LogP contribution is 2.31. The number of H-pyrrole nitrogens is 1. The summed E-state index contributed by atoms with van der Waals surface area (Å²) < 4.78 is 13.8. The number of nitrogens with zero attached hydrogens (tertiary/aromatic N) is 3. The lowest BCUT2D eigenvalue weighted by molar-refractivity contribution is 0.0593. The standard InChI is InChI=1S/C17H19N5O2S/c1-2-23-12-7-4-3-6-11(12)19-15-14-16(21-17(25)20-15)22(10-18-14)13-8-5-9-24-13/h3-4,6-7,10,13H,2,5,8-9H2,1H3,(H2,19,20,21,25). The van der Waals surface area contributed by atoms with Gasteiger partial charge in [-0.1, -0.05) is 12.1 Å². The van der Waals surface area contributed by atoms with Crippen molar-refractivity contribution in [2.45, 2.75) is 26.0 Å². The van der Waals surface area contributed by atoms with Crippen LogP contribution in [0.4, 0.5) is 11.5 Å². The van der Waals surface area contributed by atoms with Crippen LogP contribution in [0.15, 0.2) is 30.6 Å². The second-order valence-electron chi connectivity index (χ2n) is 5.76. The van der Waals surface area contributed by atoms with Crippen molar-refractivity contribution in [3.63, 3.8) is 0 Å². The molecule has 7 nitrogen and oxygen atoms in total. The molecule has 2 N–H and O–H groups in total. The Labute approximate surface area is 150 Å². The van der Waals surface area contributed by atoms with Crippen LogP contribution >= 0.6 is 12.2 Å². The van der Waals surface area contributed by atoms with Gasteiger partial charge in [-0.05, 0) is 44.1 Å². The van der Waals surface area contributed by atoms with E-state index >= 15 is 0 Å². The Kier molecular flexibility index (Phi) is 4.37. The van der Waals surface area contributed by atoms with Crippen molar-refractivity contribution in [1.29, 1.82) is 0 Å². The number of fused-ring (bicyclic) bond motifs is 1. The lowest BCUT2D eigenvalue weighted by Gasteiger charge is -2.13. The lowest BCUT2D eigenvalue weighted by atomic mass is 10.3. The number of rotatable bonds is 5. The number of hydrogen-bond donors (Lipinski definition) is 2. The normalized spacial score (nSPS) is 17.1.